The molecule has 0 heterocycles. The Morgan fingerprint density at radius 1 is 1.67 bits per heavy atom. The Kier molecular flexibility index (Phi) is 4.32. The van der Waals surface area contributed by atoms with Crippen molar-refractivity contribution in [1.29, 1.82) is 0 Å². The molecule has 0 saturated heterocycles. The quantitative estimate of drug-likeness (QED) is 0.587. The van der Waals surface area contributed by atoms with Gasteiger partial charge in [0.05, 0.1) is 0 Å². The molecule has 0 fully saturated rings. The molecule has 0 atom stereocenters. The minimum atomic E-state index is -0.444. The fourth-order valence-electron chi connectivity index (χ4n) is 0.357. The number of rotatable bonds is 2. The van der Waals surface area contributed by atoms with E-state index in [-0.39, 0.29) is 0 Å². The lowest BCUT2D eigenvalue weighted by Gasteiger charge is -1.84. The second-order valence-electron chi connectivity index (χ2n) is 1.48. The smallest absolute Gasteiger partial charge is 0.117 e. The molecule has 0 aromatic rings. The normalized spacial score (nSPS) is 12.6. The van der Waals surface area contributed by atoms with Crippen LogP contribution in [0.5, 0.6) is 0 Å². The summed E-state index contributed by atoms with van der Waals surface area (Å²) in [6.45, 7) is 4.93. The minimum absolute atomic E-state index is 0.444. The molecular formula is C7H8BrF. The summed E-state index contributed by atoms with van der Waals surface area (Å²) in [6.07, 6.45) is 4.86. The van der Waals surface area contributed by atoms with Gasteiger partial charge in [-0.25, -0.2) is 4.39 Å². The van der Waals surface area contributed by atoms with Crippen molar-refractivity contribution in [1.82, 2.24) is 0 Å². The second kappa shape index (κ2) is 4.50. The van der Waals surface area contributed by atoms with E-state index in [2.05, 4.69) is 22.5 Å². The van der Waals surface area contributed by atoms with Crippen molar-refractivity contribution >= 4 is 15.9 Å². The molecular weight excluding hydrogens is 183 g/mol. The van der Waals surface area contributed by atoms with Gasteiger partial charge in [-0.05, 0) is 13.0 Å². The first kappa shape index (κ1) is 8.63. The van der Waals surface area contributed by atoms with Crippen molar-refractivity contribution in [2.24, 2.45) is 0 Å². The molecule has 0 aromatic carbocycles. The fraction of sp³-hybridized carbons (Fsp3) is 0.143. The molecule has 0 aromatic heterocycles. The van der Waals surface area contributed by atoms with Crippen LogP contribution in [0.25, 0.3) is 0 Å². The maximum atomic E-state index is 11.9. The summed E-state index contributed by atoms with van der Waals surface area (Å²) < 4.78 is 12.6. The Bertz CT molecular complexity index is 156. The third-order valence-electron chi connectivity index (χ3n) is 0.620. The summed E-state index contributed by atoms with van der Waals surface area (Å²) in [4.78, 5) is 0. The topological polar surface area (TPSA) is 0 Å². The van der Waals surface area contributed by atoms with Crippen LogP contribution in [0.3, 0.4) is 0 Å². The molecule has 0 aliphatic heterocycles. The van der Waals surface area contributed by atoms with Gasteiger partial charge in [-0.3, -0.25) is 0 Å². The Hall–Kier alpha value is -0.370. The number of hydrogen-bond donors (Lipinski definition) is 0. The van der Waals surface area contributed by atoms with Gasteiger partial charge in [0.15, 0.2) is 0 Å². The van der Waals surface area contributed by atoms with Crippen LogP contribution in [-0.2, 0) is 0 Å². The monoisotopic (exact) mass is 190 g/mol. The van der Waals surface area contributed by atoms with Gasteiger partial charge in [0.25, 0.3) is 0 Å². The van der Waals surface area contributed by atoms with Crippen LogP contribution in [-0.4, -0.2) is 0 Å². The Morgan fingerprint density at radius 2 is 2.22 bits per heavy atom. The van der Waals surface area contributed by atoms with Crippen LogP contribution in [0.1, 0.15) is 6.92 Å². The minimum Gasteiger partial charge on any atom is -0.208 e. The first-order chi connectivity index (χ1) is 4.16. The van der Waals surface area contributed by atoms with Gasteiger partial charge in [0.1, 0.15) is 5.83 Å². The SMILES string of the molecule is C=C(F)/C=C(Br)\C=C/C. The van der Waals surface area contributed by atoms with E-state index in [0.717, 1.165) is 0 Å². The molecule has 0 aliphatic carbocycles. The highest BCUT2D eigenvalue weighted by atomic mass is 79.9. The van der Waals surface area contributed by atoms with Gasteiger partial charge in [0, 0.05) is 4.48 Å². The zero-order valence-electron chi connectivity index (χ0n) is 5.20. The first-order valence-electron chi connectivity index (χ1n) is 2.51. The van der Waals surface area contributed by atoms with Crippen molar-refractivity contribution in [2.45, 2.75) is 6.92 Å². The highest BCUT2D eigenvalue weighted by molar-refractivity contribution is 9.11. The predicted molar refractivity (Wildman–Crippen MR) is 42.1 cm³/mol. The van der Waals surface area contributed by atoms with Gasteiger partial charge in [-0.1, -0.05) is 34.7 Å². The van der Waals surface area contributed by atoms with Gasteiger partial charge < -0.3 is 0 Å². The zero-order valence-corrected chi connectivity index (χ0v) is 6.78. The molecule has 0 unspecified atom stereocenters. The van der Waals surface area contributed by atoms with Crippen LogP contribution >= 0.6 is 15.9 Å². The van der Waals surface area contributed by atoms with E-state index in [4.69, 9.17) is 0 Å². The molecule has 0 N–H and O–H groups in total. The maximum absolute atomic E-state index is 11.9. The van der Waals surface area contributed by atoms with E-state index in [1.54, 1.807) is 6.08 Å². The average molecular weight is 191 g/mol. The van der Waals surface area contributed by atoms with Crippen molar-refractivity contribution in [2.75, 3.05) is 0 Å². The van der Waals surface area contributed by atoms with E-state index in [1.165, 1.54) is 6.08 Å². The zero-order chi connectivity index (χ0) is 7.28. The van der Waals surface area contributed by atoms with Gasteiger partial charge in [-0.2, -0.15) is 0 Å². The van der Waals surface area contributed by atoms with E-state index in [1.807, 2.05) is 13.0 Å². The second-order valence-corrected chi connectivity index (χ2v) is 2.39. The highest BCUT2D eigenvalue weighted by Gasteiger charge is 1.84. The molecule has 9 heavy (non-hydrogen) atoms. The molecule has 0 radical (unpaired) electrons. The number of allylic oxidation sites excluding steroid dienone is 5. The van der Waals surface area contributed by atoms with Crippen molar-refractivity contribution in [3.63, 3.8) is 0 Å². The average Bonchev–Trinajstić information content (AvgIpc) is 1.63. The standard InChI is InChI=1S/C7H8BrF/c1-3-4-7(8)5-6(2)9/h3-5H,2H2,1H3/b4-3-,7-5+. The first-order valence-corrected chi connectivity index (χ1v) is 3.30. The van der Waals surface area contributed by atoms with Crippen LogP contribution in [0.2, 0.25) is 0 Å². The Morgan fingerprint density at radius 3 is 2.56 bits per heavy atom. The van der Waals surface area contributed by atoms with Crippen molar-refractivity contribution in [3.05, 3.63) is 35.1 Å². The lowest BCUT2D eigenvalue weighted by molar-refractivity contribution is 0.671. The summed E-state index contributed by atoms with van der Waals surface area (Å²) in [6, 6.07) is 0. The van der Waals surface area contributed by atoms with E-state index >= 15 is 0 Å². The summed E-state index contributed by atoms with van der Waals surface area (Å²) in [5.41, 5.74) is 0. The Balaban J connectivity index is 4.00. The Labute approximate surface area is 62.9 Å². The molecule has 0 amide bonds. The number of hydrogen-bond acceptors (Lipinski definition) is 0. The molecule has 0 nitrogen and oxygen atoms in total. The molecule has 0 saturated carbocycles. The highest BCUT2D eigenvalue weighted by Crippen LogP contribution is 2.09. The molecule has 0 aliphatic rings. The summed E-state index contributed by atoms with van der Waals surface area (Å²) >= 11 is 3.11. The fourth-order valence-corrected chi connectivity index (χ4v) is 0.870. The molecule has 0 bridgehead atoms. The van der Waals surface area contributed by atoms with Gasteiger partial charge in [0.2, 0.25) is 0 Å². The van der Waals surface area contributed by atoms with Crippen LogP contribution in [0.15, 0.2) is 35.1 Å². The lowest BCUT2D eigenvalue weighted by Crippen LogP contribution is -1.62. The number of halogens is 2. The van der Waals surface area contributed by atoms with E-state index in [9.17, 15) is 4.39 Å². The predicted octanol–water partition coefficient (Wildman–Crippen LogP) is 3.32. The van der Waals surface area contributed by atoms with Crippen molar-refractivity contribution in [3.8, 4) is 0 Å². The molecule has 50 valence electrons. The van der Waals surface area contributed by atoms with Crippen molar-refractivity contribution < 1.29 is 4.39 Å². The third-order valence-corrected chi connectivity index (χ3v) is 1.11. The van der Waals surface area contributed by atoms with Gasteiger partial charge >= 0.3 is 0 Å². The third kappa shape index (κ3) is 5.50. The van der Waals surface area contributed by atoms with Crippen LogP contribution in [0.4, 0.5) is 4.39 Å². The summed E-state index contributed by atoms with van der Waals surface area (Å²) in [5.74, 6) is -0.444. The maximum Gasteiger partial charge on any atom is 0.117 e. The van der Waals surface area contributed by atoms with Crippen LogP contribution < -0.4 is 0 Å². The van der Waals surface area contributed by atoms with Gasteiger partial charge in [-0.15, -0.1) is 0 Å². The lowest BCUT2D eigenvalue weighted by atomic mass is 10.4. The molecule has 2 heteroatoms. The van der Waals surface area contributed by atoms with E-state index in [0.29, 0.717) is 4.48 Å². The summed E-state index contributed by atoms with van der Waals surface area (Å²) in [7, 11) is 0. The van der Waals surface area contributed by atoms with E-state index < -0.39 is 5.83 Å². The molecule has 0 spiro atoms. The molecule has 0 rings (SSSR count). The largest absolute Gasteiger partial charge is 0.208 e. The summed E-state index contributed by atoms with van der Waals surface area (Å²) in [5, 5.41) is 0. The van der Waals surface area contributed by atoms with Crippen LogP contribution in [0, 0.1) is 0 Å².